The monoisotopic (exact) mass is 318 g/mol. The molecular weight excluding hydrogens is 292 g/mol. The average molecular weight is 318 g/mol. The van der Waals surface area contributed by atoms with Crippen LogP contribution in [0.25, 0.3) is 0 Å². The summed E-state index contributed by atoms with van der Waals surface area (Å²) in [6.07, 6.45) is 8.90. The van der Waals surface area contributed by atoms with Gasteiger partial charge >= 0.3 is 0 Å². The Morgan fingerprint density at radius 3 is 2.76 bits per heavy atom. The molecule has 1 aliphatic rings. The summed E-state index contributed by atoms with van der Waals surface area (Å²) in [7, 11) is -1.90. The van der Waals surface area contributed by atoms with Crippen LogP contribution < -0.4 is 5.32 Å². The molecule has 0 unspecified atom stereocenters. The number of rotatable bonds is 9. The Balaban J connectivity index is 2.34. The van der Waals surface area contributed by atoms with E-state index in [9.17, 15) is 13.2 Å². The van der Waals surface area contributed by atoms with Gasteiger partial charge < -0.3 is 10.1 Å². The second-order valence-electron chi connectivity index (χ2n) is 5.30. The fourth-order valence-corrected chi connectivity index (χ4v) is 3.02. The van der Waals surface area contributed by atoms with Gasteiger partial charge in [0.25, 0.3) is 0 Å². The van der Waals surface area contributed by atoms with Gasteiger partial charge in [0.2, 0.25) is 15.9 Å². The van der Waals surface area contributed by atoms with Gasteiger partial charge in [-0.25, -0.2) is 8.42 Å². The van der Waals surface area contributed by atoms with Crippen LogP contribution in [0.1, 0.15) is 32.1 Å². The second-order valence-corrected chi connectivity index (χ2v) is 7.28. The van der Waals surface area contributed by atoms with Crippen LogP contribution in [0.4, 0.5) is 0 Å². The predicted octanol–water partition coefficient (Wildman–Crippen LogP) is 0.901. The van der Waals surface area contributed by atoms with Crippen LogP contribution in [0.3, 0.4) is 0 Å². The third-order valence-corrected chi connectivity index (χ3v) is 4.74. The third-order valence-electron chi connectivity index (χ3n) is 3.49. The number of amides is 1. The van der Waals surface area contributed by atoms with E-state index in [-0.39, 0.29) is 25.6 Å². The molecule has 0 saturated carbocycles. The fourth-order valence-electron chi connectivity index (χ4n) is 2.27. The number of carbonyl (C=O) groups excluding carboxylic acids is 1. The molecule has 1 rings (SSSR count). The van der Waals surface area contributed by atoms with Crippen molar-refractivity contribution >= 4 is 15.9 Å². The van der Waals surface area contributed by atoms with Crippen molar-refractivity contribution < 1.29 is 17.9 Å². The molecule has 21 heavy (non-hydrogen) atoms. The highest BCUT2D eigenvalue weighted by molar-refractivity contribution is 7.88. The first-order valence-electron chi connectivity index (χ1n) is 7.32. The average Bonchev–Trinajstić information content (AvgIpc) is 2.43. The van der Waals surface area contributed by atoms with Crippen molar-refractivity contribution in [2.45, 2.75) is 32.1 Å². The molecule has 0 atom stereocenters. The standard InChI is InChI=1S/C14H26N2O4S/c1-20-11-10-16(21(2,18)19)12-14(17)15-9-8-13-6-4-3-5-7-13/h6H,3-5,7-12H2,1-2H3,(H,15,17). The van der Waals surface area contributed by atoms with E-state index in [1.807, 2.05) is 0 Å². The number of hydrogen-bond donors (Lipinski definition) is 1. The first kappa shape index (κ1) is 18.1. The number of methoxy groups -OCH3 is 1. The van der Waals surface area contributed by atoms with E-state index in [0.29, 0.717) is 6.54 Å². The van der Waals surface area contributed by atoms with Crippen LogP contribution >= 0.6 is 0 Å². The van der Waals surface area contributed by atoms with Crippen molar-refractivity contribution in [3.8, 4) is 0 Å². The zero-order valence-electron chi connectivity index (χ0n) is 12.9. The lowest BCUT2D eigenvalue weighted by Crippen LogP contribution is -2.42. The molecule has 1 amide bonds. The Morgan fingerprint density at radius 1 is 1.43 bits per heavy atom. The lowest BCUT2D eigenvalue weighted by atomic mass is 9.97. The lowest BCUT2D eigenvalue weighted by molar-refractivity contribution is -0.121. The van der Waals surface area contributed by atoms with Gasteiger partial charge in [0.1, 0.15) is 0 Å². The van der Waals surface area contributed by atoms with E-state index in [1.165, 1.54) is 25.5 Å². The van der Waals surface area contributed by atoms with E-state index in [1.54, 1.807) is 0 Å². The number of nitrogens with one attached hydrogen (secondary N) is 1. The van der Waals surface area contributed by atoms with Crippen LogP contribution in [-0.4, -0.2) is 58.2 Å². The molecule has 0 aromatic heterocycles. The Hall–Kier alpha value is -0.920. The molecule has 0 spiro atoms. The van der Waals surface area contributed by atoms with Gasteiger partial charge in [-0.1, -0.05) is 11.6 Å². The van der Waals surface area contributed by atoms with Gasteiger partial charge in [-0.3, -0.25) is 4.79 Å². The van der Waals surface area contributed by atoms with Crippen LogP contribution in [0, 0.1) is 0 Å². The number of sulfonamides is 1. The first-order chi connectivity index (χ1) is 9.93. The molecule has 6 nitrogen and oxygen atoms in total. The number of carbonyl (C=O) groups is 1. The molecule has 7 heteroatoms. The molecule has 0 aromatic carbocycles. The quantitative estimate of drug-likeness (QED) is 0.641. The van der Waals surface area contributed by atoms with Crippen LogP contribution in [0.5, 0.6) is 0 Å². The van der Waals surface area contributed by atoms with Crippen molar-refractivity contribution in [3.05, 3.63) is 11.6 Å². The third kappa shape index (κ3) is 7.59. The van der Waals surface area contributed by atoms with Gasteiger partial charge in [0.05, 0.1) is 19.4 Å². The molecule has 1 aliphatic carbocycles. The summed E-state index contributed by atoms with van der Waals surface area (Å²) in [5.41, 5.74) is 1.39. The van der Waals surface area contributed by atoms with Crippen molar-refractivity contribution in [2.24, 2.45) is 0 Å². The first-order valence-corrected chi connectivity index (χ1v) is 9.17. The van der Waals surface area contributed by atoms with Crippen LogP contribution in [0.2, 0.25) is 0 Å². The van der Waals surface area contributed by atoms with Crippen molar-refractivity contribution in [1.29, 1.82) is 0 Å². The molecule has 0 fully saturated rings. The maximum atomic E-state index is 11.8. The maximum Gasteiger partial charge on any atom is 0.235 e. The van der Waals surface area contributed by atoms with Gasteiger partial charge in [-0.15, -0.1) is 0 Å². The Bertz CT molecular complexity index is 460. The molecule has 0 bridgehead atoms. The van der Waals surface area contributed by atoms with Crippen molar-refractivity contribution in [3.63, 3.8) is 0 Å². The van der Waals surface area contributed by atoms with E-state index in [2.05, 4.69) is 11.4 Å². The van der Waals surface area contributed by atoms with E-state index in [0.717, 1.165) is 29.8 Å². The smallest absolute Gasteiger partial charge is 0.235 e. The summed E-state index contributed by atoms with van der Waals surface area (Å²) < 4.78 is 29.1. The van der Waals surface area contributed by atoms with Crippen LogP contribution in [0.15, 0.2) is 11.6 Å². The summed E-state index contributed by atoms with van der Waals surface area (Å²) in [5, 5.41) is 2.78. The molecular formula is C14H26N2O4S. The summed E-state index contributed by atoms with van der Waals surface area (Å²) in [6.45, 7) is 0.870. The summed E-state index contributed by atoms with van der Waals surface area (Å²) >= 11 is 0. The van der Waals surface area contributed by atoms with Gasteiger partial charge in [-0.2, -0.15) is 4.31 Å². The number of hydrogen-bond acceptors (Lipinski definition) is 4. The number of nitrogens with zero attached hydrogens (tertiary/aromatic N) is 1. The minimum atomic E-state index is -3.40. The number of allylic oxidation sites excluding steroid dienone is 1. The van der Waals surface area contributed by atoms with Crippen molar-refractivity contribution in [2.75, 3.05) is 39.6 Å². The van der Waals surface area contributed by atoms with Crippen molar-refractivity contribution in [1.82, 2.24) is 9.62 Å². The zero-order chi connectivity index (χ0) is 15.7. The minimum absolute atomic E-state index is 0.152. The van der Waals surface area contributed by atoms with Crippen LogP contribution in [-0.2, 0) is 19.6 Å². The maximum absolute atomic E-state index is 11.8. The van der Waals surface area contributed by atoms with E-state index >= 15 is 0 Å². The normalized spacial score (nSPS) is 15.9. The molecule has 0 saturated heterocycles. The largest absolute Gasteiger partial charge is 0.383 e. The SMILES string of the molecule is COCCN(CC(=O)NCCC1=CCCCC1)S(C)(=O)=O. The zero-order valence-corrected chi connectivity index (χ0v) is 13.7. The van der Waals surface area contributed by atoms with Gasteiger partial charge in [0.15, 0.2) is 0 Å². The lowest BCUT2D eigenvalue weighted by Gasteiger charge is -2.19. The highest BCUT2D eigenvalue weighted by atomic mass is 32.2. The molecule has 0 aliphatic heterocycles. The molecule has 122 valence electrons. The topological polar surface area (TPSA) is 75.7 Å². The summed E-state index contributed by atoms with van der Waals surface area (Å²) in [6, 6.07) is 0. The van der Waals surface area contributed by atoms with E-state index < -0.39 is 10.0 Å². The molecule has 0 radical (unpaired) electrons. The Labute approximate surface area is 127 Å². The highest BCUT2D eigenvalue weighted by Crippen LogP contribution is 2.19. The molecule has 1 N–H and O–H groups in total. The van der Waals surface area contributed by atoms with Gasteiger partial charge in [0, 0.05) is 20.2 Å². The number of ether oxygens (including phenoxy) is 1. The molecule has 0 heterocycles. The Morgan fingerprint density at radius 2 is 2.19 bits per heavy atom. The fraction of sp³-hybridized carbons (Fsp3) is 0.786. The Kier molecular flexibility index (Phi) is 7.92. The summed E-state index contributed by atoms with van der Waals surface area (Å²) in [4.78, 5) is 11.8. The summed E-state index contributed by atoms with van der Waals surface area (Å²) in [5.74, 6) is -0.270. The molecule has 0 aromatic rings. The predicted molar refractivity (Wildman–Crippen MR) is 82.5 cm³/mol. The minimum Gasteiger partial charge on any atom is -0.383 e. The second kappa shape index (κ2) is 9.17. The van der Waals surface area contributed by atoms with Gasteiger partial charge in [-0.05, 0) is 32.1 Å². The highest BCUT2D eigenvalue weighted by Gasteiger charge is 2.19. The van der Waals surface area contributed by atoms with E-state index in [4.69, 9.17) is 4.74 Å².